The van der Waals surface area contributed by atoms with Crippen LogP contribution in [0.3, 0.4) is 0 Å². The zero-order chi connectivity index (χ0) is 25.8. The lowest BCUT2D eigenvalue weighted by Crippen LogP contribution is -2.44. The monoisotopic (exact) mass is 496 g/mol. The molecule has 2 heterocycles. The molecule has 0 bridgehead atoms. The van der Waals surface area contributed by atoms with Crippen LogP contribution < -0.4 is 14.8 Å². The molecule has 1 aliphatic heterocycles. The van der Waals surface area contributed by atoms with Crippen molar-refractivity contribution >= 4 is 23.8 Å². The number of carbonyl (C=O) groups excluding carboxylic acids is 4. The minimum absolute atomic E-state index is 0.0300. The van der Waals surface area contributed by atoms with Gasteiger partial charge in [-0.05, 0) is 19.8 Å². The second kappa shape index (κ2) is 14.1. The molecule has 0 unspecified atom stereocenters. The fourth-order valence-corrected chi connectivity index (χ4v) is 3.42. The highest BCUT2D eigenvalue weighted by Gasteiger charge is 2.31. The number of hydrogen-bond donors (Lipinski definition) is 1. The summed E-state index contributed by atoms with van der Waals surface area (Å²) in [6, 6.07) is 0.559. The molecule has 1 aromatic rings. The van der Waals surface area contributed by atoms with E-state index in [2.05, 4.69) is 15.0 Å². The summed E-state index contributed by atoms with van der Waals surface area (Å²) >= 11 is 0. The zero-order valence-corrected chi connectivity index (χ0v) is 20.4. The first-order chi connectivity index (χ1) is 16.8. The molecule has 1 aromatic heterocycles. The summed E-state index contributed by atoms with van der Waals surface area (Å²) in [7, 11) is 2.69. The number of carbonyl (C=O) groups is 4. The van der Waals surface area contributed by atoms with Gasteiger partial charge in [0.15, 0.2) is 17.2 Å². The lowest BCUT2D eigenvalue weighted by atomic mass is 10.0. The average Bonchev–Trinajstić information content (AvgIpc) is 2.89. The van der Waals surface area contributed by atoms with E-state index in [1.54, 1.807) is 6.92 Å². The van der Waals surface area contributed by atoms with Crippen LogP contribution in [0.4, 0.5) is 0 Å². The largest absolute Gasteiger partial charge is 0.493 e. The van der Waals surface area contributed by atoms with Crippen molar-refractivity contribution in [1.82, 2.24) is 10.3 Å². The Labute approximate surface area is 203 Å². The zero-order valence-electron chi connectivity index (χ0n) is 20.4. The molecule has 0 spiro atoms. The summed E-state index contributed by atoms with van der Waals surface area (Å²) in [5.74, 6) is -2.06. The van der Waals surface area contributed by atoms with Crippen LogP contribution in [0, 0.1) is 0 Å². The van der Waals surface area contributed by atoms with E-state index in [1.807, 2.05) is 0 Å². The quantitative estimate of drug-likeness (QED) is 0.286. The normalized spacial score (nSPS) is 20.3. The van der Waals surface area contributed by atoms with Crippen molar-refractivity contribution in [2.75, 3.05) is 27.6 Å². The van der Waals surface area contributed by atoms with Crippen molar-refractivity contribution in [1.29, 1.82) is 0 Å². The topological polar surface area (TPSA) is 149 Å². The Hall–Kier alpha value is -3.41. The second-order valence-electron chi connectivity index (χ2n) is 7.78. The molecular formula is C23H32N2O10. The Morgan fingerprint density at radius 1 is 1.20 bits per heavy atom. The van der Waals surface area contributed by atoms with Gasteiger partial charge in [0.1, 0.15) is 12.1 Å². The van der Waals surface area contributed by atoms with Gasteiger partial charge in [0.2, 0.25) is 6.79 Å². The predicted octanol–water partition coefficient (Wildman–Crippen LogP) is 1.54. The van der Waals surface area contributed by atoms with E-state index in [0.29, 0.717) is 19.3 Å². The Balaban J connectivity index is 2.07. The molecule has 1 aliphatic rings. The van der Waals surface area contributed by atoms with Crippen molar-refractivity contribution in [3.05, 3.63) is 18.0 Å². The van der Waals surface area contributed by atoms with E-state index in [9.17, 15) is 19.2 Å². The first-order valence-corrected chi connectivity index (χ1v) is 11.3. The van der Waals surface area contributed by atoms with Crippen molar-refractivity contribution in [2.45, 2.75) is 64.2 Å². The maximum Gasteiger partial charge on any atom is 0.329 e. The van der Waals surface area contributed by atoms with Crippen molar-refractivity contribution in [3.63, 3.8) is 0 Å². The third-order valence-corrected chi connectivity index (χ3v) is 5.28. The van der Waals surface area contributed by atoms with Crippen LogP contribution in [0.2, 0.25) is 0 Å². The SMILES string of the molecule is COC(=O)CCO[C@@H]1CCCC[C@H](NC(=O)c2nccc(OC)c2OCOC(C)=O)C(=O)O[C@H]1C. The molecule has 12 nitrogen and oxygen atoms in total. The Morgan fingerprint density at radius 2 is 1.94 bits per heavy atom. The van der Waals surface area contributed by atoms with E-state index < -0.39 is 36.8 Å². The van der Waals surface area contributed by atoms with Crippen LogP contribution in [0.5, 0.6) is 11.5 Å². The highest BCUT2D eigenvalue weighted by atomic mass is 16.7. The Morgan fingerprint density at radius 3 is 2.63 bits per heavy atom. The standard InChI is InChI=1S/C23H32N2O10/c1-14-17(32-12-10-19(27)31-4)8-6-5-7-16(23(29)35-14)25-22(28)20-21(34-13-33-15(2)26)18(30-3)9-11-24-20/h9,11,14,16-17H,5-8,10,12-13H2,1-4H3,(H,25,28)/t14-,16-,17+/m0/s1. The lowest BCUT2D eigenvalue weighted by molar-refractivity contribution is -0.159. The summed E-state index contributed by atoms with van der Waals surface area (Å²) in [5, 5.41) is 2.65. The molecule has 0 radical (unpaired) electrons. The Kier molecular flexibility index (Phi) is 11.2. The van der Waals surface area contributed by atoms with E-state index in [4.69, 9.17) is 23.7 Å². The maximum atomic E-state index is 13.0. The Bertz CT molecular complexity index is 891. The van der Waals surface area contributed by atoms with Crippen molar-refractivity contribution in [3.8, 4) is 11.5 Å². The number of nitrogens with one attached hydrogen (secondary N) is 1. The third-order valence-electron chi connectivity index (χ3n) is 5.28. The number of rotatable bonds is 10. The van der Waals surface area contributed by atoms with Gasteiger partial charge in [0.25, 0.3) is 5.91 Å². The van der Waals surface area contributed by atoms with Crippen molar-refractivity contribution < 1.29 is 47.6 Å². The smallest absolute Gasteiger partial charge is 0.329 e. The average molecular weight is 497 g/mol. The molecule has 3 atom stereocenters. The van der Waals surface area contributed by atoms with Gasteiger partial charge in [-0.1, -0.05) is 12.8 Å². The molecule has 1 N–H and O–H groups in total. The van der Waals surface area contributed by atoms with Crippen LogP contribution in [0.15, 0.2) is 12.3 Å². The summed E-state index contributed by atoms with van der Waals surface area (Å²) in [6.45, 7) is 2.63. The van der Waals surface area contributed by atoms with Crippen molar-refractivity contribution in [2.24, 2.45) is 0 Å². The molecule has 1 amide bonds. The van der Waals surface area contributed by atoms with Crippen LogP contribution in [0.25, 0.3) is 0 Å². The highest BCUT2D eigenvalue weighted by Crippen LogP contribution is 2.30. The molecule has 12 heteroatoms. The van der Waals surface area contributed by atoms with Gasteiger partial charge >= 0.3 is 17.9 Å². The van der Waals surface area contributed by atoms with Gasteiger partial charge in [-0.25, -0.2) is 9.78 Å². The molecule has 2 rings (SSSR count). The van der Waals surface area contributed by atoms with Crippen LogP contribution in [0.1, 0.15) is 56.4 Å². The first-order valence-electron chi connectivity index (χ1n) is 11.3. The minimum Gasteiger partial charge on any atom is -0.493 e. The minimum atomic E-state index is -0.923. The number of pyridine rings is 1. The second-order valence-corrected chi connectivity index (χ2v) is 7.78. The van der Waals surface area contributed by atoms with E-state index in [-0.39, 0.29) is 42.3 Å². The van der Waals surface area contributed by atoms with Gasteiger partial charge in [-0.15, -0.1) is 0 Å². The third kappa shape index (κ3) is 8.71. The summed E-state index contributed by atoms with van der Waals surface area (Å²) in [6.07, 6.45) is 2.81. The number of cyclic esters (lactones) is 1. The number of methoxy groups -OCH3 is 2. The first kappa shape index (κ1) is 27.8. The lowest BCUT2D eigenvalue weighted by Gasteiger charge is -2.24. The summed E-state index contributed by atoms with van der Waals surface area (Å²) in [5.41, 5.74) is -0.138. The fraction of sp³-hybridized carbons (Fsp3) is 0.609. The molecule has 0 aliphatic carbocycles. The molecule has 1 fully saturated rings. The number of ether oxygens (including phenoxy) is 6. The van der Waals surface area contributed by atoms with Gasteiger partial charge < -0.3 is 33.7 Å². The number of amides is 1. The molecular weight excluding hydrogens is 464 g/mol. The molecule has 194 valence electrons. The van der Waals surface area contributed by atoms with Gasteiger partial charge in [-0.2, -0.15) is 0 Å². The summed E-state index contributed by atoms with van der Waals surface area (Å²) in [4.78, 5) is 52.2. The molecule has 0 aromatic carbocycles. The van der Waals surface area contributed by atoms with Crippen LogP contribution in [-0.4, -0.2) is 74.7 Å². The van der Waals surface area contributed by atoms with Crippen LogP contribution >= 0.6 is 0 Å². The van der Waals surface area contributed by atoms with Gasteiger partial charge in [-0.3, -0.25) is 14.4 Å². The number of aromatic nitrogens is 1. The van der Waals surface area contributed by atoms with Crippen LogP contribution in [-0.2, 0) is 33.3 Å². The maximum absolute atomic E-state index is 13.0. The molecule has 1 saturated heterocycles. The van der Waals surface area contributed by atoms with Gasteiger partial charge in [0, 0.05) is 19.2 Å². The number of nitrogens with zero attached hydrogens (tertiary/aromatic N) is 1. The fourth-order valence-electron chi connectivity index (χ4n) is 3.42. The van der Waals surface area contributed by atoms with E-state index >= 15 is 0 Å². The van der Waals surface area contributed by atoms with Gasteiger partial charge in [0.05, 0.1) is 33.4 Å². The number of esters is 3. The molecule has 35 heavy (non-hydrogen) atoms. The van der Waals surface area contributed by atoms with E-state index in [0.717, 1.165) is 6.42 Å². The predicted molar refractivity (Wildman–Crippen MR) is 120 cm³/mol. The highest BCUT2D eigenvalue weighted by molar-refractivity contribution is 5.98. The summed E-state index contributed by atoms with van der Waals surface area (Å²) < 4.78 is 31.3. The molecule has 0 saturated carbocycles. The number of hydrogen-bond acceptors (Lipinski definition) is 11. The van der Waals surface area contributed by atoms with E-state index in [1.165, 1.54) is 33.4 Å².